The summed E-state index contributed by atoms with van der Waals surface area (Å²) in [5, 5.41) is 4.10. The summed E-state index contributed by atoms with van der Waals surface area (Å²) in [5.41, 5.74) is 0.934. The van der Waals surface area contributed by atoms with Crippen molar-refractivity contribution in [1.29, 1.82) is 0 Å². The highest BCUT2D eigenvalue weighted by Crippen LogP contribution is 2.55. The van der Waals surface area contributed by atoms with Crippen molar-refractivity contribution < 1.29 is 22.4 Å². The number of rotatable bonds is 5. The van der Waals surface area contributed by atoms with Crippen LogP contribution in [0.15, 0.2) is 84.9 Å². The molecule has 0 amide bonds. The maximum absolute atomic E-state index is 14.4. The topological polar surface area (TPSA) is 61.3 Å². The first-order valence-corrected chi connectivity index (χ1v) is 13.4. The van der Waals surface area contributed by atoms with Crippen molar-refractivity contribution in [2.75, 3.05) is 0 Å². The maximum Gasteiger partial charge on any atom is 0.499 e. The second-order valence-corrected chi connectivity index (χ2v) is 11.0. The summed E-state index contributed by atoms with van der Waals surface area (Å²) < 4.78 is 53.4. The van der Waals surface area contributed by atoms with Crippen LogP contribution in [0.25, 0.3) is 43.4 Å². The third-order valence-corrected chi connectivity index (χ3v) is 7.73. The van der Waals surface area contributed by atoms with Crippen LogP contribution in [0.4, 0.5) is 8.78 Å². The highest BCUT2D eigenvalue weighted by molar-refractivity contribution is 7.55. The molecule has 0 fully saturated rings. The molecule has 0 unspecified atom stereocenters. The quantitative estimate of drug-likeness (QED) is 0.157. The molecule has 4 aromatic carbocycles. The maximum atomic E-state index is 14.4. The van der Waals surface area contributed by atoms with E-state index in [1.807, 2.05) is 24.3 Å². The van der Waals surface area contributed by atoms with Gasteiger partial charge in [0.2, 0.25) is 11.8 Å². The molecule has 6 rings (SSSR count). The number of para-hydroxylation sites is 2. The minimum absolute atomic E-state index is 0.289. The van der Waals surface area contributed by atoms with Gasteiger partial charge in [0.15, 0.2) is 0 Å². The summed E-state index contributed by atoms with van der Waals surface area (Å²) in [6.07, 6.45) is -3.50. The molecule has 10 heteroatoms. The van der Waals surface area contributed by atoms with Crippen LogP contribution in [0.1, 0.15) is 0 Å². The van der Waals surface area contributed by atoms with Crippen molar-refractivity contribution in [3.8, 4) is 11.8 Å². The predicted molar refractivity (Wildman–Crippen MR) is 143 cm³/mol. The molecule has 0 atom stereocenters. The second-order valence-electron chi connectivity index (χ2n) is 8.25. The molecule has 0 spiro atoms. The van der Waals surface area contributed by atoms with Crippen LogP contribution in [-0.4, -0.2) is 16.1 Å². The molecule has 37 heavy (non-hydrogen) atoms. The molecule has 5 nitrogen and oxygen atoms in total. The van der Waals surface area contributed by atoms with Gasteiger partial charge < -0.3 is 9.05 Å². The smallest absolute Gasteiger partial charge is 0.393 e. The first-order valence-electron chi connectivity index (χ1n) is 11.1. The Bertz CT molecular complexity index is 1770. The fourth-order valence-corrected chi connectivity index (χ4v) is 5.57. The van der Waals surface area contributed by atoms with E-state index < -0.39 is 13.8 Å². The van der Waals surface area contributed by atoms with Gasteiger partial charge in [0.25, 0.3) is 0 Å². The van der Waals surface area contributed by atoms with Crippen molar-refractivity contribution in [1.82, 2.24) is 9.97 Å². The lowest BCUT2D eigenvalue weighted by atomic mass is 10.1. The number of hydrogen-bond acceptors (Lipinski definition) is 5. The number of alkyl halides is 2. The average Bonchev–Trinajstić information content (AvgIpc) is 2.88. The number of fused-ring (bicyclic) bond motifs is 6. The van der Waals surface area contributed by atoms with E-state index in [0.717, 1.165) is 10.8 Å². The van der Waals surface area contributed by atoms with Crippen LogP contribution < -0.4 is 9.05 Å². The van der Waals surface area contributed by atoms with E-state index in [0.29, 0.717) is 42.6 Å². The molecule has 0 saturated heterocycles. The van der Waals surface area contributed by atoms with E-state index in [1.54, 1.807) is 48.5 Å². The fraction of sp³-hybridized carbons (Fsp3) is 0.0370. The van der Waals surface area contributed by atoms with Gasteiger partial charge in [-0.15, -0.1) is 0 Å². The number of nitrogens with zero attached hydrogens (tertiary/aromatic N) is 2. The number of hydrogen-bond donors (Lipinski definition) is 0. The van der Waals surface area contributed by atoms with Crippen molar-refractivity contribution in [3.63, 3.8) is 0 Å². The van der Waals surface area contributed by atoms with E-state index in [9.17, 15) is 13.3 Å². The van der Waals surface area contributed by atoms with Gasteiger partial charge in [-0.05, 0) is 47.2 Å². The minimum Gasteiger partial charge on any atom is -0.393 e. The van der Waals surface area contributed by atoms with Gasteiger partial charge in [-0.25, -0.2) is 14.5 Å². The van der Waals surface area contributed by atoms with Gasteiger partial charge in [-0.3, -0.25) is 0 Å². The zero-order chi connectivity index (χ0) is 25.7. The molecule has 0 radical (unpaired) electrons. The summed E-state index contributed by atoms with van der Waals surface area (Å²) >= 11 is 12.4. The van der Waals surface area contributed by atoms with Crippen LogP contribution in [0, 0.1) is 0 Å². The zero-order valence-corrected chi connectivity index (χ0v) is 21.1. The van der Waals surface area contributed by atoms with Gasteiger partial charge in [-0.2, -0.15) is 8.78 Å². The first-order chi connectivity index (χ1) is 17.8. The van der Waals surface area contributed by atoms with Gasteiger partial charge >= 0.3 is 13.8 Å². The standard InChI is InChI=1S/C27H15Cl2F2N2O3P/c28-15-9-11-17-19-5-1-3-7-23(19)32-25(21(17)13-15)35-37(34,27(30)31)36-26-22-14-16(29)10-12-18(22)20-6-2-4-8-24(20)33-26/h1-14,27H. The third-order valence-electron chi connectivity index (χ3n) is 5.92. The van der Waals surface area contributed by atoms with E-state index in [2.05, 4.69) is 9.97 Å². The molecule has 0 aliphatic carbocycles. The Morgan fingerprint density at radius 1 is 0.622 bits per heavy atom. The largest absolute Gasteiger partial charge is 0.499 e. The fourth-order valence-electron chi connectivity index (χ4n) is 4.27. The monoisotopic (exact) mass is 554 g/mol. The van der Waals surface area contributed by atoms with Crippen molar-refractivity contribution in [2.45, 2.75) is 6.17 Å². The summed E-state index contributed by atoms with van der Waals surface area (Å²) in [6, 6.07) is 24.0. The Labute approximate surface area is 219 Å². The van der Waals surface area contributed by atoms with Crippen LogP contribution in [0.3, 0.4) is 0 Å². The Hall–Kier alpha value is -3.51. The molecule has 0 bridgehead atoms. The highest BCUT2D eigenvalue weighted by atomic mass is 35.5. The first kappa shape index (κ1) is 23.9. The van der Waals surface area contributed by atoms with E-state index in [1.165, 1.54) is 12.1 Å². The predicted octanol–water partition coefficient (Wildman–Crippen LogP) is 9.27. The van der Waals surface area contributed by atoms with Crippen molar-refractivity contribution >= 4 is 74.1 Å². The number of pyridine rings is 2. The molecule has 0 saturated carbocycles. The SMILES string of the molecule is O=P(Oc1nc2ccccc2c2ccc(Cl)cc12)(Oc1nc2ccccc2c2ccc(Cl)cc12)C(F)F. The van der Waals surface area contributed by atoms with E-state index in [4.69, 9.17) is 32.2 Å². The molecule has 2 aromatic heterocycles. The summed E-state index contributed by atoms with van der Waals surface area (Å²) in [6.45, 7) is 0. The van der Waals surface area contributed by atoms with Gasteiger partial charge in [0.1, 0.15) is 0 Å². The van der Waals surface area contributed by atoms with Gasteiger partial charge in [0.05, 0.1) is 11.0 Å². The minimum atomic E-state index is -5.17. The lowest BCUT2D eigenvalue weighted by molar-refractivity contribution is 0.190. The van der Waals surface area contributed by atoms with E-state index >= 15 is 0 Å². The molecular weight excluding hydrogens is 540 g/mol. The van der Waals surface area contributed by atoms with Crippen molar-refractivity contribution in [3.05, 3.63) is 95.0 Å². The second kappa shape index (κ2) is 9.10. The summed E-state index contributed by atoms with van der Waals surface area (Å²) in [4.78, 5) is 8.74. The third kappa shape index (κ3) is 4.23. The Morgan fingerprint density at radius 3 is 1.49 bits per heavy atom. The van der Waals surface area contributed by atoms with Gasteiger partial charge in [-0.1, -0.05) is 71.7 Å². The lowest BCUT2D eigenvalue weighted by Crippen LogP contribution is -2.11. The zero-order valence-electron chi connectivity index (χ0n) is 18.7. The average molecular weight is 555 g/mol. The molecular formula is C27H15Cl2F2N2O3P. The van der Waals surface area contributed by atoms with Crippen LogP contribution >= 0.6 is 30.8 Å². The highest BCUT2D eigenvalue weighted by Gasteiger charge is 2.42. The number of benzene rings is 4. The molecule has 0 N–H and O–H groups in total. The molecule has 2 heterocycles. The Balaban J connectivity index is 1.53. The normalized spacial score (nSPS) is 12.1. The van der Waals surface area contributed by atoms with Gasteiger partial charge in [0, 0.05) is 31.6 Å². The van der Waals surface area contributed by atoms with E-state index in [-0.39, 0.29) is 11.8 Å². The number of halogens is 4. The molecule has 6 aromatic rings. The van der Waals surface area contributed by atoms with Crippen LogP contribution in [-0.2, 0) is 4.57 Å². The lowest BCUT2D eigenvalue weighted by Gasteiger charge is -2.20. The summed E-state index contributed by atoms with van der Waals surface area (Å²) in [7, 11) is -5.17. The Kier molecular flexibility index (Phi) is 5.87. The van der Waals surface area contributed by atoms with Crippen LogP contribution in [0.2, 0.25) is 10.0 Å². The van der Waals surface area contributed by atoms with Crippen LogP contribution in [0.5, 0.6) is 11.8 Å². The summed E-state index contributed by atoms with van der Waals surface area (Å²) in [5.74, 6) is -0.578. The number of aromatic nitrogens is 2. The molecule has 0 aliphatic rings. The molecule has 184 valence electrons. The van der Waals surface area contributed by atoms with Crippen molar-refractivity contribution in [2.24, 2.45) is 0 Å². The molecule has 0 aliphatic heterocycles. The Morgan fingerprint density at radius 2 is 1.05 bits per heavy atom.